The van der Waals surface area contributed by atoms with Crippen LogP contribution in [0, 0.1) is 5.92 Å². The second-order valence-corrected chi connectivity index (χ2v) is 5.70. The highest BCUT2D eigenvalue weighted by atomic mass is 16.1. The Morgan fingerprint density at radius 1 is 0.952 bits per heavy atom. The standard InChI is InChI=1S/C19H21NO/c1-2-16-18(21)13-17(14-9-5-3-6-10-14)20-19(16)15-11-7-4-8-12-15/h3-12,16-17,19-20H,2,13H2,1H3/t16-,17+,19-/m1/s1. The van der Waals surface area contributed by atoms with Crippen LogP contribution in [0.1, 0.15) is 43.0 Å². The molecule has 108 valence electrons. The minimum atomic E-state index is 0.0763. The highest BCUT2D eigenvalue weighted by molar-refractivity contribution is 5.83. The van der Waals surface area contributed by atoms with E-state index in [2.05, 4.69) is 36.5 Å². The quantitative estimate of drug-likeness (QED) is 0.918. The summed E-state index contributed by atoms with van der Waals surface area (Å²) in [4.78, 5) is 12.6. The second kappa shape index (κ2) is 6.23. The summed E-state index contributed by atoms with van der Waals surface area (Å²) >= 11 is 0. The van der Waals surface area contributed by atoms with Crippen molar-refractivity contribution in [2.75, 3.05) is 0 Å². The van der Waals surface area contributed by atoms with Crippen molar-refractivity contribution in [3.8, 4) is 0 Å². The summed E-state index contributed by atoms with van der Waals surface area (Å²) in [5.41, 5.74) is 2.40. The molecule has 1 aliphatic heterocycles. The van der Waals surface area contributed by atoms with E-state index in [1.165, 1.54) is 11.1 Å². The van der Waals surface area contributed by atoms with Gasteiger partial charge in [-0.15, -0.1) is 0 Å². The van der Waals surface area contributed by atoms with E-state index in [0.717, 1.165) is 6.42 Å². The van der Waals surface area contributed by atoms with Gasteiger partial charge in [0, 0.05) is 24.4 Å². The molecule has 0 aromatic heterocycles. The second-order valence-electron chi connectivity index (χ2n) is 5.70. The molecule has 0 unspecified atom stereocenters. The molecule has 1 N–H and O–H groups in total. The summed E-state index contributed by atoms with van der Waals surface area (Å²) in [6, 6.07) is 20.8. The number of carbonyl (C=O) groups is 1. The van der Waals surface area contributed by atoms with Crippen LogP contribution in [-0.4, -0.2) is 5.78 Å². The number of Topliss-reactive ketones (excluding diaryl/α,β-unsaturated/α-hetero) is 1. The van der Waals surface area contributed by atoms with Crippen molar-refractivity contribution in [3.05, 3.63) is 71.8 Å². The number of rotatable bonds is 3. The summed E-state index contributed by atoms with van der Waals surface area (Å²) in [5, 5.41) is 3.70. The van der Waals surface area contributed by atoms with Crippen molar-refractivity contribution in [3.63, 3.8) is 0 Å². The number of benzene rings is 2. The molecule has 2 aromatic rings. The van der Waals surface area contributed by atoms with Gasteiger partial charge >= 0.3 is 0 Å². The number of hydrogen-bond donors (Lipinski definition) is 1. The van der Waals surface area contributed by atoms with Gasteiger partial charge in [-0.05, 0) is 17.5 Å². The Morgan fingerprint density at radius 2 is 1.52 bits per heavy atom. The Morgan fingerprint density at radius 3 is 2.10 bits per heavy atom. The van der Waals surface area contributed by atoms with Crippen LogP contribution in [0.5, 0.6) is 0 Å². The van der Waals surface area contributed by atoms with E-state index in [9.17, 15) is 4.79 Å². The Balaban J connectivity index is 1.91. The van der Waals surface area contributed by atoms with E-state index in [1.54, 1.807) is 0 Å². The molecule has 2 aromatic carbocycles. The fraction of sp³-hybridized carbons (Fsp3) is 0.316. The fourth-order valence-electron chi connectivity index (χ4n) is 3.28. The predicted molar refractivity (Wildman–Crippen MR) is 84.9 cm³/mol. The van der Waals surface area contributed by atoms with E-state index in [1.807, 2.05) is 36.4 Å². The first kappa shape index (κ1) is 14.0. The molecular formula is C19H21NO. The van der Waals surface area contributed by atoms with Crippen molar-refractivity contribution in [1.29, 1.82) is 0 Å². The molecule has 0 aliphatic carbocycles. The van der Waals surface area contributed by atoms with E-state index in [0.29, 0.717) is 12.2 Å². The number of ketones is 1. The molecule has 2 heteroatoms. The molecule has 0 amide bonds. The number of piperidine rings is 1. The van der Waals surface area contributed by atoms with E-state index in [-0.39, 0.29) is 18.0 Å². The van der Waals surface area contributed by atoms with Crippen LogP contribution in [0.3, 0.4) is 0 Å². The van der Waals surface area contributed by atoms with E-state index >= 15 is 0 Å². The molecule has 1 saturated heterocycles. The minimum absolute atomic E-state index is 0.0763. The van der Waals surface area contributed by atoms with Gasteiger partial charge in [-0.1, -0.05) is 67.6 Å². The van der Waals surface area contributed by atoms with E-state index < -0.39 is 0 Å². The molecule has 1 heterocycles. The minimum Gasteiger partial charge on any atom is -0.302 e. The van der Waals surface area contributed by atoms with Crippen molar-refractivity contribution in [2.45, 2.75) is 31.8 Å². The van der Waals surface area contributed by atoms with Crippen LogP contribution in [-0.2, 0) is 4.79 Å². The van der Waals surface area contributed by atoms with Crippen LogP contribution in [0.15, 0.2) is 60.7 Å². The van der Waals surface area contributed by atoms with Crippen LogP contribution in [0.25, 0.3) is 0 Å². The van der Waals surface area contributed by atoms with Crippen LogP contribution in [0.4, 0.5) is 0 Å². The van der Waals surface area contributed by atoms with Crippen molar-refractivity contribution in [1.82, 2.24) is 5.32 Å². The molecule has 1 aliphatic rings. The van der Waals surface area contributed by atoms with Gasteiger partial charge in [0.2, 0.25) is 0 Å². The van der Waals surface area contributed by atoms with Crippen molar-refractivity contribution < 1.29 is 4.79 Å². The van der Waals surface area contributed by atoms with Crippen LogP contribution >= 0.6 is 0 Å². The Hall–Kier alpha value is -1.93. The maximum absolute atomic E-state index is 12.6. The molecule has 21 heavy (non-hydrogen) atoms. The predicted octanol–water partition coefficient (Wildman–Crippen LogP) is 4.06. The monoisotopic (exact) mass is 279 g/mol. The molecule has 0 bridgehead atoms. The van der Waals surface area contributed by atoms with Crippen LogP contribution in [0.2, 0.25) is 0 Å². The maximum atomic E-state index is 12.6. The summed E-state index contributed by atoms with van der Waals surface area (Å²) in [7, 11) is 0. The Labute approximate surface area is 126 Å². The van der Waals surface area contributed by atoms with Gasteiger partial charge in [0.05, 0.1) is 0 Å². The normalized spacial score (nSPS) is 25.8. The van der Waals surface area contributed by atoms with E-state index in [4.69, 9.17) is 0 Å². The van der Waals surface area contributed by atoms with Gasteiger partial charge in [-0.2, -0.15) is 0 Å². The lowest BCUT2D eigenvalue weighted by molar-refractivity contribution is -0.126. The maximum Gasteiger partial charge on any atom is 0.139 e. The average Bonchev–Trinajstić information content (AvgIpc) is 2.55. The molecule has 0 saturated carbocycles. The topological polar surface area (TPSA) is 29.1 Å². The number of nitrogens with one attached hydrogen (secondary N) is 1. The third kappa shape index (κ3) is 2.91. The molecule has 3 atom stereocenters. The SMILES string of the molecule is CC[C@@H]1C(=O)C[C@@H](c2ccccc2)N[C@@H]1c1ccccc1. The lowest BCUT2D eigenvalue weighted by Gasteiger charge is -2.36. The van der Waals surface area contributed by atoms with Crippen LogP contribution < -0.4 is 5.32 Å². The van der Waals surface area contributed by atoms with Gasteiger partial charge in [-0.25, -0.2) is 0 Å². The Kier molecular flexibility index (Phi) is 4.16. The van der Waals surface area contributed by atoms with Gasteiger partial charge in [-0.3, -0.25) is 4.79 Å². The van der Waals surface area contributed by atoms with Gasteiger partial charge in [0.1, 0.15) is 5.78 Å². The zero-order chi connectivity index (χ0) is 14.7. The average molecular weight is 279 g/mol. The highest BCUT2D eigenvalue weighted by Gasteiger charge is 2.36. The van der Waals surface area contributed by atoms with Gasteiger partial charge in [0.15, 0.2) is 0 Å². The number of hydrogen-bond acceptors (Lipinski definition) is 2. The molecule has 3 rings (SSSR count). The molecule has 0 radical (unpaired) electrons. The third-order valence-electron chi connectivity index (χ3n) is 4.40. The lowest BCUT2D eigenvalue weighted by atomic mass is 9.79. The first-order valence-corrected chi connectivity index (χ1v) is 7.68. The molecule has 1 fully saturated rings. The summed E-state index contributed by atoms with van der Waals surface area (Å²) in [6.45, 7) is 2.10. The lowest BCUT2D eigenvalue weighted by Crippen LogP contribution is -2.42. The first-order chi connectivity index (χ1) is 10.3. The van der Waals surface area contributed by atoms with Gasteiger partial charge < -0.3 is 5.32 Å². The zero-order valence-electron chi connectivity index (χ0n) is 12.3. The van der Waals surface area contributed by atoms with Crippen molar-refractivity contribution in [2.24, 2.45) is 5.92 Å². The fourth-order valence-corrected chi connectivity index (χ4v) is 3.28. The largest absolute Gasteiger partial charge is 0.302 e. The molecular weight excluding hydrogens is 258 g/mol. The zero-order valence-corrected chi connectivity index (χ0v) is 12.3. The smallest absolute Gasteiger partial charge is 0.139 e. The highest BCUT2D eigenvalue weighted by Crippen LogP contribution is 2.36. The third-order valence-corrected chi connectivity index (χ3v) is 4.40. The summed E-state index contributed by atoms with van der Waals surface area (Å²) < 4.78 is 0. The Bertz CT molecular complexity index is 593. The molecule has 2 nitrogen and oxygen atoms in total. The molecule has 0 spiro atoms. The summed E-state index contributed by atoms with van der Waals surface area (Å²) in [6.07, 6.45) is 1.47. The summed E-state index contributed by atoms with van der Waals surface area (Å²) in [5.74, 6) is 0.450. The number of carbonyl (C=O) groups excluding carboxylic acids is 1. The van der Waals surface area contributed by atoms with Crippen molar-refractivity contribution >= 4 is 5.78 Å². The first-order valence-electron chi connectivity index (χ1n) is 7.68. The van der Waals surface area contributed by atoms with Gasteiger partial charge in [0.25, 0.3) is 0 Å².